The van der Waals surface area contributed by atoms with Crippen molar-refractivity contribution < 1.29 is 4.74 Å². The molecule has 1 atom stereocenters. The molecule has 0 aliphatic carbocycles. The Kier molecular flexibility index (Phi) is 4.55. The highest BCUT2D eigenvalue weighted by molar-refractivity contribution is 7.18. The molecule has 1 heterocycles. The number of nitrogens with one attached hydrogen (secondary N) is 1. The third kappa shape index (κ3) is 3.32. The van der Waals surface area contributed by atoms with Crippen LogP contribution in [0.1, 0.15) is 25.8 Å². The van der Waals surface area contributed by atoms with Crippen LogP contribution in [0.25, 0.3) is 10.2 Å². The van der Waals surface area contributed by atoms with Crippen molar-refractivity contribution in [3.63, 3.8) is 0 Å². The van der Waals surface area contributed by atoms with Gasteiger partial charge in [0.2, 0.25) is 0 Å². The first kappa shape index (κ1) is 14.4. The fourth-order valence-corrected chi connectivity index (χ4v) is 3.36. The number of ether oxygens (including phenoxy) is 1. The first-order chi connectivity index (χ1) is 9.06. The predicted molar refractivity (Wildman–Crippen MR) is 81.9 cm³/mol. The highest BCUT2D eigenvalue weighted by Gasteiger charge is 2.29. The minimum atomic E-state index is -0.193. The molecule has 19 heavy (non-hydrogen) atoms. The summed E-state index contributed by atoms with van der Waals surface area (Å²) in [4.78, 5) is 4.70. The molecule has 0 fully saturated rings. The van der Waals surface area contributed by atoms with Crippen LogP contribution in [0.4, 0.5) is 0 Å². The Balaban J connectivity index is 2.18. The maximum Gasteiger partial charge on any atom is 0.0955 e. The van der Waals surface area contributed by atoms with E-state index in [1.165, 1.54) is 4.70 Å². The van der Waals surface area contributed by atoms with Crippen LogP contribution in [0.15, 0.2) is 24.3 Å². The first-order valence-corrected chi connectivity index (χ1v) is 7.54. The topological polar surface area (TPSA) is 34.1 Å². The lowest BCUT2D eigenvalue weighted by molar-refractivity contribution is -0.0363. The monoisotopic (exact) mass is 278 g/mol. The number of likely N-dealkylation sites (N-methyl/N-ethyl adjacent to an activating group) is 1. The summed E-state index contributed by atoms with van der Waals surface area (Å²) in [7, 11) is 1.98. The zero-order valence-corrected chi connectivity index (χ0v) is 12.9. The quantitative estimate of drug-likeness (QED) is 0.881. The Morgan fingerprint density at radius 3 is 2.74 bits per heavy atom. The van der Waals surface area contributed by atoms with E-state index in [-0.39, 0.29) is 11.6 Å². The van der Waals surface area contributed by atoms with Crippen LogP contribution in [0, 0.1) is 0 Å². The maximum atomic E-state index is 5.84. The Labute approximate surface area is 119 Å². The molecule has 3 nitrogen and oxygen atoms in total. The molecule has 1 unspecified atom stereocenters. The van der Waals surface area contributed by atoms with Crippen molar-refractivity contribution in [2.24, 2.45) is 0 Å². The van der Waals surface area contributed by atoms with E-state index >= 15 is 0 Å². The van der Waals surface area contributed by atoms with Gasteiger partial charge in [0.05, 0.1) is 20.8 Å². The van der Waals surface area contributed by atoms with Crippen molar-refractivity contribution in [1.29, 1.82) is 0 Å². The molecule has 0 radical (unpaired) electrons. The van der Waals surface area contributed by atoms with Gasteiger partial charge < -0.3 is 10.1 Å². The van der Waals surface area contributed by atoms with E-state index in [1.54, 1.807) is 11.3 Å². The van der Waals surface area contributed by atoms with Gasteiger partial charge in [0.1, 0.15) is 0 Å². The van der Waals surface area contributed by atoms with Crippen LogP contribution >= 0.6 is 11.3 Å². The molecule has 4 heteroatoms. The number of aromatic nitrogens is 1. The molecule has 0 aliphatic heterocycles. The van der Waals surface area contributed by atoms with Crippen molar-refractivity contribution >= 4 is 21.6 Å². The van der Waals surface area contributed by atoms with Crippen molar-refractivity contribution in [3.05, 3.63) is 29.3 Å². The summed E-state index contributed by atoms with van der Waals surface area (Å²) in [6.07, 6.45) is 0.892. The number of hydrogen-bond donors (Lipinski definition) is 1. The molecule has 0 saturated carbocycles. The van der Waals surface area contributed by atoms with Gasteiger partial charge in [0.25, 0.3) is 0 Å². The van der Waals surface area contributed by atoms with Gasteiger partial charge in [-0.1, -0.05) is 12.1 Å². The Morgan fingerprint density at radius 2 is 2.11 bits per heavy atom. The van der Waals surface area contributed by atoms with Crippen molar-refractivity contribution in [2.45, 2.75) is 38.8 Å². The molecule has 1 aromatic carbocycles. The standard InChI is InChI=1S/C15H22N2OS/c1-5-18-15(2,3)13(16-4)10-14-17-11-8-6-7-9-12(11)19-14/h6-9,13,16H,5,10H2,1-4H3. The number of rotatable bonds is 6. The molecule has 1 aromatic heterocycles. The highest BCUT2D eigenvalue weighted by Crippen LogP contribution is 2.25. The normalized spacial score (nSPS) is 13.9. The lowest BCUT2D eigenvalue weighted by Gasteiger charge is -2.33. The van der Waals surface area contributed by atoms with E-state index in [2.05, 4.69) is 37.4 Å². The van der Waals surface area contributed by atoms with Crippen LogP contribution in [0.5, 0.6) is 0 Å². The molecule has 0 bridgehead atoms. The predicted octanol–water partition coefficient (Wildman–Crippen LogP) is 3.24. The number of benzene rings is 1. The summed E-state index contributed by atoms with van der Waals surface area (Å²) in [6.45, 7) is 7.02. The molecule has 1 N–H and O–H groups in total. The average Bonchev–Trinajstić information content (AvgIpc) is 2.78. The SMILES string of the molecule is CCOC(C)(C)C(Cc1nc2ccccc2s1)NC. The van der Waals surface area contributed by atoms with Crippen LogP contribution in [0.2, 0.25) is 0 Å². The molecular weight excluding hydrogens is 256 g/mol. The first-order valence-electron chi connectivity index (χ1n) is 6.72. The number of fused-ring (bicyclic) bond motifs is 1. The van der Waals surface area contributed by atoms with Crippen LogP contribution in [0.3, 0.4) is 0 Å². The van der Waals surface area contributed by atoms with Gasteiger partial charge in [-0.15, -0.1) is 11.3 Å². The van der Waals surface area contributed by atoms with Gasteiger partial charge in [0, 0.05) is 19.1 Å². The molecule has 0 amide bonds. The van der Waals surface area contributed by atoms with E-state index in [4.69, 9.17) is 9.72 Å². The zero-order valence-electron chi connectivity index (χ0n) is 12.1. The van der Waals surface area contributed by atoms with Crippen LogP contribution in [-0.4, -0.2) is 30.3 Å². The van der Waals surface area contributed by atoms with Gasteiger partial charge in [-0.2, -0.15) is 0 Å². The van der Waals surface area contributed by atoms with Gasteiger partial charge in [-0.25, -0.2) is 4.98 Å². The van der Waals surface area contributed by atoms with E-state index in [0.717, 1.165) is 23.6 Å². The number of thiazole rings is 1. The molecule has 0 spiro atoms. The van der Waals surface area contributed by atoms with Crippen LogP contribution < -0.4 is 5.32 Å². The van der Waals surface area contributed by atoms with Crippen molar-refractivity contribution in [3.8, 4) is 0 Å². The van der Waals surface area contributed by atoms with Gasteiger partial charge in [-0.05, 0) is 40.0 Å². The third-order valence-electron chi connectivity index (χ3n) is 3.42. The average molecular weight is 278 g/mol. The van der Waals surface area contributed by atoms with Crippen LogP contribution in [-0.2, 0) is 11.2 Å². The molecule has 104 valence electrons. The van der Waals surface area contributed by atoms with Gasteiger partial charge >= 0.3 is 0 Å². The Hall–Kier alpha value is -0.970. The number of para-hydroxylation sites is 1. The van der Waals surface area contributed by atoms with Crippen molar-refractivity contribution in [2.75, 3.05) is 13.7 Å². The lowest BCUT2D eigenvalue weighted by atomic mass is 9.96. The van der Waals surface area contributed by atoms with E-state index in [9.17, 15) is 0 Å². The second-order valence-corrected chi connectivity index (χ2v) is 6.27. The fraction of sp³-hybridized carbons (Fsp3) is 0.533. The number of hydrogen-bond acceptors (Lipinski definition) is 4. The largest absolute Gasteiger partial charge is 0.374 e. The smallest absolute Gasteiger partial charge is 0.0955 e. The lowest BCUT2D eigenvalue weighted by Crippen LogP contribution is -2.48. The second-order valence-electron chi connectivity index (χ2n) is 5.16. The van der Waals surface area contributed by atoms with E-state index < -0.39 is 0 Å². The van der Waals surface area contributed by atoms with Gasteiger partial charge in [-0.3, -0.25) is 0 Å². The summed E-state index contributed by atoms with van der Waals surface area (Å²) in [5.41, 5.74) is 0.896. The highest BCUT2D eigenvalue weighted by atomic mass is 32.1. The van der Waals surface area contributed by atoms with E-state index in [0.29, 0.717) is 0 Å². The third-order valence-corrected chi connectivity index (χ3v) is 4.48. The molecule has 2 aromatic rings. The molecule has 0 aliphatic rings. The summed E-state index contributed by atoms with van der Waals surface area (Å²) < 4.78 is 7.09. The maximum absolute atomic E-state index is 5.84. The zero-order chi connectivity index (χ0) is 13.9. The summed E-state index contributed by atoms with van der Waals surface area (Å²) in [5, 5.41) is 4.52. The summed E-state index contributed by atoms with van der Waals surface area (Å²) >= 11 is 1.77. The molecular formula is C15H22N2OS. The van der Waals surface area contributed by atoms with E-state index in [1.807, 2.05) is 20.0 Å². The molecule has 2 rings (SSSR count). The van der Waals surface area contributed by atoms with Gasteiger partial charge in [0.15, 0.2) is 0 Å². The summed E-state index contributed by atoms with van der Waals surface area (Å²) in [5.74, 6) is 0. The second kappa shape index (κ2) is 5.99. The Bertz CT molecular complexity index is 503. The summed E-state index contributed by atoms with van der Waals surface area (Å²) in [6, 6.07) is 8.54. The minimum Gasteiger partial charge on any atom is -0.374 e. The van der Waals surface area contributed by atoms with Crippen molar-refractivity contribution in [1.82, 2.24) is 10.3 Å². The number of nitrogens with zero attached hydrogens (tertiary/aromatic N) is 1. The molecule has 0 saturated heterocycles. The minimum absolute atomic E-state index is 0.193. The fourth-order valence-electron chi connectivity index (χ4n) is 2.35. The Morgan fingerprint density at radius 1 is 1.37 bits per heavy atom.